The Bertz CT molecular complexity index is 447. The van der Waals surface area contributed by atoms with Gasteiger partial charge in [0.05, 0.1) is 16.1 Å². The van der Waals surface area contributed by atoms with E-state index in [1.54, 1.807) is 6.20 Å². The number of rotatable bonds is 1. The minimum atomic E-state index is 0.518. The van der Waals surface area contributed by atoms with Gasteiger partial charge in [-0.1, -0.05) is 11.6 Å². The van der Waals surface area contributed by atoms with E-state index in [1.165, 1.54) is 0 Å². The first-order valence-electron chi connectivity index (χ1n) is 4.02. The molecule has 0 bridgehead atoms. The Morgan fingerprint density at radius 2 is 2.31 bits per heavy atom. The third-order valence-corrected chi connectivity index (χ3v) is 2.38. The predicted molar refractivity (Wildman–Crippen MR) is 53.6 cm³/mol. The minimum absolute atomic E-state index is 0.518. The van der Waals surface area contributed by atoms with Gasteiger partial charge in [-0.3, -0.25) is 4.98 Å². The Kier molecular flexibility index (Phi) is 1.98. The van der Waals surface area contributed by atoms with Crippen molar-refractivity contribution in [3.63, 3.8) is 0 Å². The van der Waals surface area contributed by atoms with Crippen LogP contribution < -0.4 is 5.73 Å². The zero-order valence-electron chi connectivity index (χ0n) is 7.29. The van der Waals surface area contributed by atoms with Gasteiger partial charge in [-0.05, 0) is 12.1 Å². The van der Waals surface area contributed by atoms with Crippen LogP contribution in [0, 0.1) is 0 Å². The average molecular weight is 196 g/mol. The lowest BCUT2D eigenvalue weighted by molar-refractivity contribution is 0.849. The molecule has 2 heterocycles. The lowest BCUT2D eigenvalue weighted by Crippen LogP contribution is -2.02. The van der Waals surface area contributed by atoms with Gasteiger partial charge in [-0.15, -0.1) is 0 Å². The SMILES string of the molecule is Cn1c(CN)cc2ncc(Cl)cc21. The molecule has 0 aromatic carbocycles. The number of hydrogen-bond donors (Lipinski definition) is 1. The molecule has 68 valence electrons. The highest BCUT2D eigenvalue weighted by atomic mass is 35.5. The summed E-state index contributed by atoms with van der Waals surface area (Å²) in [7, 11) is 1.96. The molecule has 0 amide bonds. The number of fused-ring (bicyclic) bond motifs is 1. The number of aromatic nitrogens is 2. The lowest BCUT2D eigenvalue weighted by atomic mass is 10.4. The molecule has 0 saturated heterocycles. The van der Waals surface area contributed by atoms with Crippen LogP contribution in [0.5, 0.6) is 0 Å². The molecule has 0 unspecified atom stereocenters. The van der Waals surface area contributed by atoms with Gasteiger partial charge in [0.2, 0.25) is 0 Å². The third-order valence-electron chi connectivity index (χ3n) is 2.17. The van der Waals surface area contributed by atoms with E-state index in [-0.39, 0.29) is 0 Å². The molecule has 0 saturated carbocycles. The zero-order valence-corrected chi connectivity index (χ0v) is 8.04. The van der Waals surface area contributed by atoms with Gasteiger partial charge in [-0.2, -0.15) is 0 Å². The minimum Gasteiger partial charge on any atom is -0.345 e. The number of aryl methyl sites for hydroxylation is 1. The van der Waals surface area contributed by atoms with E-state index in [0.29, 0.717) is 11.6 Å². The summed E-state index contributed by atoms with van der Waals surface area (Å²) in [5.74, 6) is 0. The Labute approximate surface area is 81.1 Å². The van der Waals surface area contributed by atoms with Crippen LogP contribution in [-0.4, -0.2) is 9.55 Å². The summed E-state index contributed by atoms with van der Waals surface area (Å²) in [5, 5.41) is 0.650. The second-order valence-corrected chi connectivity index (χ2v) is 3.39. The number of hydrogen-bond acceptors (Lipinski definition) is 2. The van der Waals surface area contributed by atoms with Crippen molar-refractivity contribution in [1.29, 1.82) is 0 Å². The number of pyridine rings is 1. The van der Waals surface area contributed by atoms with Crippen molar-refractivity contribution in [1.82, 2.24) is 9.55 Å². The van der Waals surface area contributed by atoms with Crippen LogP contribution in [0.2, 0.25) is 5.02 Å². The first kappa shape index (κ1) is 8.53. The molecular weight excluding hydrogens is 186 g/mol. The standard InChI is InChI=1S/C9H10ClN3/c1-13-7(4-11)3-8-9(13)2-6(10)5-12-8/h2-3,5H,4,11H2,1H3. The van der Waals surface area contributed by atoms with E-state index in [0.717, 1.165) is 16.7 Å². The highest BCUT2D eigenvalue weighted by Gasteiger charge is 2.05. The van der Waals surface area contributed by atoms with E-state index in [1.807, 2.05) is 23.7 Å². The molecule has 2 aromatic rings. The highest BCUT2D eigenvalue weighted by Crippen LogP contribution is 2.19. The highest BCUT2D eigenvalue weighted by molar-refractivity contribution is 6.31. The summed E-state index contributed by atoms with van der Waals surface area (Å²) in [5.41, 5.74) is 8.59. The van der Waals surface area contributed by atoms with Crippen LogP contribution in [-0.2, 0) is 13.6 Å². The maximum absolute atomic E-state index is 5.84. The van der Waals surface area contributed by atoms with Gasteiger partial charge in [0.1, 0.15) is 0 Å². The van der Waals surface area contributed by atoms with Gasteiger partial charge in [0, 0.05) is 25.5 Å². The van der Waals surface area contributed by atoms with Crippen molar-refractivity contribution in [3.8, 4) is 0 Å². The van der Waals surface area contributed by atoms with Crippen LogP contribution in [0.15, 0.2) is 18.3 Å². The van der Waals surface area contributed by atoms with Crippen molar-refractivity contribution in [2.45, 2.75) is 6.54 Å². The molecule has 13 heavy (non-hydrogen) atoms. The second kappa shape index (κ2) is 3.01. The van der Waals surface area contributed by atoms with Crippen LogP contribution >= 0.6 is 11.6 Å². The topological polar surface area (TPSA) is 43.8 Å². The number of nitrogens with zero attached hydrogens (tertiary/aromatic N) is 2. The first-order chi connectivity index (χ1) is 6.22. The molecule has 3 nitrogen and oxygen atoms in total. The molecule has 0 aliphatic heterocycles. The van der Waals surface area contributed by atoms with Gasteiger partial charge < -0.3 is 10.3 Å². The van der Waals surface area contributed by atoms with Gasteiger partial charge in [-0.25, -0.2) is 0 Å². The monoisotopic (exact) mass is 195 g/mol. The van der Waals surface area contributed by atoms with Gasteiger partial charge >= 0.3 is 0 Å². The number of halogens is 1. The number of nitrogens with two attached hydrogens (primary N) is 1. The van der Waals surface area contributed by atoms with Gasteiger partial charge in [0.25, 0.3) is 0 Å². The van der Waals surface area contributed by atoms with Crippen LogP contribution in [0.3, 0.4) is 0 Å². The Hall–Kier alpha value is -1.06. The van der Waals surface area contributed by atoms with E-state index in [4.69, 9.17) is 17.3 Å². The lowest BCUT2D eigenvalue weighted by Gasteiger charge is -1.99. The molecule has 2 rings (SSSR count). The maximum Gasteiger partial charge on any atom is 0.0885 e. The summed E-state index contributed by atoms with van der Waals surface area (Å²) in [6, 6.07) is 3.87. The molecule has 2 aromatic heterocycles. The molecule has 0 aliphatic carbocycles. The Morgan fingerprint density at radius 3 is 3.00 bits per heavy atom. The molecule has 0 atom stereocenters. The van der Waals surface area contributed by atoms with Crippen molar-refractivity contribution in [2.24, 2.45) is 12.8 Å². The van der Waals surface area contributed by atoms with Crippen molar-refractivity contribution in [3.05, 3.63) is 29.0 Å². The van der Waals surface area contributed by atoms with Gasteiger partial charge in [0.15, 0.2) is 0 Å². The molecule has 4 heteroatoms. The zero-order chi connectivity index (χ0) is 9.42. The van der Waals surface area contributed by atoms with E-state index in [9.17, 15) is 0 Å². The fourth-order valence-electron chi connectivity index (χ4n) is 1.42. The Morgan fingerprint density at radius 1 is 1.54 bits per heavy atom. The fourth-order valence-corrected chi connectivity index (χ4v) is 1.58. The van der Waals surface area contributed by atoms with Crippen molar-refractivity contribution < 1.29 is 0 Å². The van der Waals surface area contributed by atoms with Crippen molar-refractivity contribution >= 4 is 22.6 Å². The Balaban J connectivity index is 2.77. The van der Waals surface area contributed by atoms with Crippen LogP contribution in [0.4, 0.5) is 0 Å². The summed E-state index contributed by atoms with van der Waals surface area (Å²) in [4.78, 5) is 4.20. The summed E-state index contributed by atoms with van der Waals surface area (Å²) < 4.78 is 2.01. The van der Waals surface area contributed by atoms with E-state index >= 15 is 0 Å². The molecule has 0 aliphatic rings. The average Bonchev–Trinajstić information content (AvgIpc) is 2.44. The van der Waals surface area contributed by atoms with E-state index < -0.39 is 0 Å². The predicted octanol–water partition coefficient (Wildman–Crippen LogP) is 1.69. The largest absolute Gasteiger partial charge is 0.345 e. The quantitative estimate of drug-likeness (QED) is 0.753. The fraction of sp³-hybridized carbons (Fsp3) is 0.222. The summed E-state index contributed by atoms with van der Waals surface area (Å²) in [6.07, 6.45) is 1.64. The molecule has 0 spiro atoms. The van der Waals surface area contributed by atoms with Crippen LogP contribution in [0.1, 0.15) is 5.69 Å². The van der Waals surface area contributed by atoms with Crippen LogP contribution in [0.25, 0.3) is 11.0 Å². The third kappa shape index (κ3) is 1.30. The molecule has 2 N–H and O–H groups in total. The second-order valence-electron chi connectivity index (χ2n) is 2.96. The molecular formula is C9H10ClN3. The smallest absolute Gasteiger partial charge is 0.0885 e. The van der Waals surface area contributed by atoms with Crippen molar-refractivity contribution in [2.75, 3.05) is 0 Å². The normalized spacial score (nSPS) is 11.0. The summed E-state index contributed by atoms with van der Waals surface area (Å²) in [6.45, 7) is 0.518. The molecule has 0 radical (unpaired) electrons. The molecule has 0 fully saturated rings. The summed E-state index contributed by atoms with van der Waals surface area (Å²) >= 11 is 5.84. The van der Waals surface area contributed by atoms with E-state index in [2.05, 4.69) is 4.98 Å². The maximum atomic E-state index is 5.84. The first-order valence-corrected chi connectivity index (χ1v) is 4.40.